The van der Waals surface area contributed by atoms with E-state index in [-0.39, 0.29) is 0 Å². The molecule has 1 unspecified atom stereocenters. The first-order valence-corrected chi connectivity index (χ1v) is 6.91. The molecule has 0 N–H and O–H groups in total. The second-order valence-electron chi connectivity index (χ2n) is 3.54. The van der Waals surface area contributed by atoms with Gasteiger partial charge in [-0.15, -0.1) is 0 Å². The van der Waals surface area contributed by atoms with E-state index in [0.29, 0.717) is 0 Å². The molecule has 0 nitrogen and oxygen atoms in total. The van der Waals surface area contributed by atoms with Gasteiger partial charge < -0.3 is 0 Å². The number of benzene rings is 1. The van der Waals surface area contributed by atoms with Crippen LogP contribution >= 0.6 is 34.2 Å². The summed E-state index contributed by atoms with van der Waals surface area (Å²) < 4.78 is 0.803. The van der Waals surface area contributed by atoms with Crippen LogP contribution in [0, 0.1) is 0 Å². The molecule has 2 heteroatoms. The van der Waals surface area contributed by atoms with Crippen molar-refractivity contribution < 1.29 is 0 Å². The smallest absolute Gasteiger partial charge is 0.0406 e. The molecule has 0 aliphatic heterocycles. The topological polar surface area (TPSA) is 0 Å². The zero-order chi connectivity index (χ0) is 11.1. The Labute approximate surface area is 111 Å². The summed E-state index contributed by atoms with van der Waals surface area (Å²) in [5, 5.41) is 0.797. The summed E-state index contributed by atoms with van der Waals surface area (Å²) in [4.78, 5) is 0. The predicted molar refractivity (Wildman–Crippen MR) is 77.8 cm³/mol. The van der Waals surface area contributed by atoms with Crippen LogP contribution in [0.2, 0.25) is 5.02 Å². The highest BCUT2D eigenvalue weighted by atomic mass is 127. The quantitative estimate of drug-likeness (QED) is 0.503. The fraction of sp³-hybridized carbons (Fsp3) is 0.385. The van der Waals surface area contributed by atoms with Gasteiger partial charge in [0.2, 0.25) is 0 Å². The molecule has 0 amide bonds. The molecule has 0 saturated carbocycles. The number of hydrogen-bond acceptors (Lipinski definition) is 0. The van der Waals surface area contributed by atoms with E-state index in [9.17, 15) is 0 Å². The van der Waals surface area contributed by atoms with Gasteiger partial charge in [0.15, 0.2) is 0 Å². The molecule has 0 aliphatic rings. The zero-order valence-corrected chi connectivity index (χ0v) is 11.8. The Bertz CT molecular complexity index is 303. The average Bonchev–Trinajstić information content (AvgIpc) is 2.26. The minimum absolute atomic E-state index is 0.797. The number of allylic oxidation sites excluding steroid dienone is 1. The molecule has 0 heterocycles. The summed E-state index contributed by atoms with van der Waals surface area (Å²) in [6.45, 7) is 2.24. The van der Waals surface area contributed by atoms with Gasteiger partial charge in [-0.1, -0.05) is 65.4 Å². The van der Waals surface area contributed by atoms with Gasteiger partial charge in [-0.25, -0.2) is 0 Å². The van der Waals surface area contributed by atoms with Crippen LogP contribution in [0.4, 0.5) is 0 Å². The molecular weight excluding hydrogens is 318 g/mol. The van der Waals surface area contributed by atoms with Crippen molar-refractivity contribution in [2.45, 2.75) is 30.1 Å². The molecule has 1 atom stereocenters. The highest BCUT2D eigenvalue weighted by Gasteiger charge is 1.97. The largest absolute Gasteiger partial charge is 0.0843 e. The van der Waals surface area contributed by atoms with E-state index in [2.05, 4.69) is 41.7 Å². The summed E-state index contributed by atoms with van der Waals surface area (Å²) in [6, 6.07) is 7.93. The highest BCUT2D eigenvalue weighted by molar-refractivity contribution is 14.1. The van der Waals surface area contributed by atoms with Crippen LogP contribution in [-0.2, 0) is 0 Å². The third-order valence-electron chi connectivity index (χ3n) is 2.27. The average molecular weight is 335 g/mol. The molecule has 82 valence electrons. The van der Waals surface area contributed by atoms with Crippen molar-refractivity contribution in [2.75, 3.05) is 0 Å². The lowest BCUT2D eigenvalue weighted by Crippen LogP contribution is -1.92. The van der Waals surface area contributed by atoms with E-state index in [1.807, 2.05) is 24.3 Å². The van der Waals surface area contributed by atoms with Gasteiger partial charge in [0.05, 0.1) is 0 Å². The van der Waals surface area contributed by atoms with Gasteiger partial charge >= 0.3 is 0 Å². The minimum atomic E-state index is 0.797. The van der Waals surface area contributed by atoms with E-state index in [1.165, 1.54) is 18.4 Å². The number of hydrogen-bond donors (Lipinski definition) is 0. The molecule has 0 radical (unpaired) electrons. The maximum atomic E-state index is 5.81. The van der Waals surface area contributed by atoms with Crippen molar-refractivity contribution in [1.82, 2.24) is 0 Å². The van der Waals surface area contributed by atoms with Crippen molar-refractivity contribution in [1.29, 1.82) is 0 Å². The number of alkyl halides is 1. The first-order valence-electron chi connectivity index (χ1n) is 5.28. The lowest BCUT2D eigenvalue weighted by molar-refractivity contribution is 0.774. The molecule has 0 aliphatic carbocycles. The van der Waals surface area contributed by atoms with Gasteiger partial charge in [0.1, 0.15) is 0 Å². The Morgan fingerprint density at radius 3 is 2.60 bits per heavy atom. The standard InChI is InChI=1S/C13H16ClI/c1-2-13(15)6-4-3-5-11-7-9-12(14)10-8-11/h3,5,7-10,13H,2,4,6H2,1H3. The van der Waals surface area contributed by atoms with Crippen molar-refractivity contribution in [3.63, 3.8) is 0 Å². The van der Waals surface area contributed by atoms with E-state index in [1.54, 1.807) is 0 Å². The van der Waals surface area contributed by atoms with Gasteiger partial charge in [0, 0.05) is 8.95 Å². The van der Waals surface area contributed by atoms with Crippen LogP contribution in [-0.4, -0.2) is 3.92 Å². The van der Waals surface area contributed by atoms with Crippen LogP contribution in [0.3, 0.4) is 0 Å². The molecule has 1 rings (SSSR count). The maximum Gasteiger partial charge on any atom is 0.0406 e. The lowest BCUT2D eigenvalue weighted by atomic mass is 10.1. The molecule has 0 saturated heterocycles. The van der Waals surface area contributed by atoms with Crippen LogP contribution < -0.4 is 0 Å². The van der Waals surface area contributed by atoms with Crippen LogP contribution in [0.15, 0.2) is 30.3 Å². The number of halogens is 2. The van der Waals surface area contributed by atoms with Crippen molar-refractivity contribution >= 4 is 40.3 Å². The molecule has 0 bridgehead atoms. The molecule has 0 spiro atoms. The molecule has 0 fully saturated rings. The zero-order valence-electron chi connectivity index (χ0n) is 8.92. The van der Waals surface area contributed by atoms with Crippen molar-refractivity contribution in [3.05, 3.63) is 40.9 Å². The lowest BCUT2D eigenvalue weighted by Gasteiger charge is -2.02. The van der Waals surface area contributed by atoms with Crippen LogP contribution in [0.1, 0.15) is 31.7 Å². The Kier molecular flexibility index (Phi) is 6.34. The molecule has 1 aromatic rings. The summed E-state index contributed by atoms with van der Waals surface area (Å²) in [5.74, 6) is 0. The molecule has 1 aromatic carbocycles. The second kappa shape index (κ2) is 7.29. The summed E-state index contributed by atoms with van der Waals surface area (Å²) in [7, 11) is 0. The Balaban J connectivity index is 2.35. The maximum absolute atomic E-state index is 5.81. The predicted octanol–water partition coefficient (Wildman–Crippen LogP) is 5.35. The van der Waals surface area contributed by atoms with E-state index < -0.39 is 0 Å². The van der Waals surface area contributed by atoms with Crippen molar-refractivity contribution in [2.24, 2.45) is 0 Å². The first kappa shape index (κ1) is 13.0. The summed E-state index contributed by atoms with van der Waals surface area (Å²) >= 11 is 8.32. The fourth-order valence-corrected chi connectivity index (χ4v) is 1.76. The van der Waals surface area contributed by atoms with Crippen molar-refractivity contribution in [3.8, 4) is 0 Å². The summed E-state index contributed by atoms with van der Waals surface area (Å²) in [6.07, 6.45) is 8.08. The van der Waals surface area contributed by atoms with Crippen LogP contribution in [0.5, 0.6) is 0 Å². The third kappa shape index (κ3) is 5.57. The van der Waals surface area contributed by atoms with Gasteiger partial charge in [-0.05, 0) is 37.0 Å². The van der Waals surface area contributed by atoms with E-state index >= 15 is 0 Å². The molecule has 0 aromatic heterocycles. The minimum Gasteiger partial charge on any atom is -0.0843 e. The van der Waals surface area contributed by atoms with Gasteiger partial charge in [-0.3, -0.25) is 0 Å². The summed E-state index contributed by atoms with van der Waals surface area (Å²) in [5.41, 5.74) is 1.22. The Morgan fingerprint density at radius 1 is 1.33 bits per heavy atom. The third-order valence-corrected chi connectivity index (χ3v) is 4.03. The first-order chi connectivity index (χ1) is 7.22. The number of rotatable bonds is 5. The molecule has 15 heavy (non-hydrogen) atoms. The Morgan fingerprint density at radius 2 is 2.00 bits per heavy atom. The Hall–Kier alpha value is -0.0200. The molecular formula is C13H16ClI. The monoisotopic (exact) mass is 334 g/mol. The van der Waals surface area contributed by atoms with E-state index in [4.69, 9.17) is 11.6 Å². The fourth-order valence-electron chi connectivity index (χ4n) is 1.27. The van der Waals surface area contributed by atoms with Gasteiger partial charge in [-0.2, -0.15) is 0 Å². The normalized spacial score (nSPS) is 13.3. The van der Waals surface area contributed by atoms with E-state index in [0.717, 1.165) is 15.4 Å². The highest BCUT2D eigenvalue weighted by Crippen LogP contribution is 2.14. The van der Waals surface area contributed by atoms with Gasteiger partial charge in [0.25, 0.3) is 0 Å². The van der Waals surface area contributed by atoms with Crippen LogP contribution in [0.25, 0.3) is 6.08 Å². The second-order valence-corrected chi connectivity index (χ2v) is 5.73. The SMILES string of the molecule is CCC(I)CCC=Cc1ccc(Cl)cc1.